The fourth-order valence-corrected chi connectivity index (χ4v) is 3.05. The first-order valence-corrected chi connectivity index (χ1v) is 7.59. The molecule has 0 spiro atoms. The zero-order valence-corrected chi connectivity index (χ0v) is 12.9. The number of hydrogen-bond donors (Lipinski definition) is 1. The highest BCUT2D eigenvalue weighted by molar-refractivity contribution is 5.34. The molecule has 1 aromatic carbocycles. The topological polar surface area (TPSA) is 32.7 Å². The maximum absolute atomic E-state index is 10.8. The van der Waals surface area contributed by atoms with E-state index in [9.17, 15) is 5.11 Å². The van der Waals surface area contributed by atoms with Crippen LogP contribution in [0.3, 0.4) is 0 Å². The van der Waals surface area contributed by atoms with Crippen LogP contribution in [0.4, 0.5) is 0 Å². The van der Waals surface area contributed by atoms with Crippen molar-refractivity contribution in [1.29, 1.82) is 0 Å². The molecule has 1 heterocycles. The van der Waals surface area contributed by atoms with Crippen molar-refractivity contribution in [2.24, 2.45) is 5.92 Å². The largest absolute Gasteiger partial charge is 0.496 e. The van der Waals surface area contributed by atoms with Crippen molar-refractivity contribution in [1.82, 2.24) is 4.90 Å². The molecular weight excluding hydrogens is 250 g/mol. The van der Waals surface area contributed by atoms with Crippen LogP contribution >= 0.6 is 0 Å². The molecule has 1 fully saturated rings. The summed E-state index contributed by atoms with van der Waals surface area (Å²) < 4.78 is 5.38. The van der Waals surface area contributed by atoms with Gasteiger partial charge in [0.25, 0.3) is 0 Å². The lowest BCUT2D eigenvalue weighted by Gasteiger charge is -2.39. The van der Waals surface area contributed by atoms with E-state index in [0.717, 1.165) is 43.8 Å². The summed E-state index contributed by atoms with van der Waals surface area (Å²) in [4.78, 5) is 2.46. The number of hydrogen-bond acceptors (Lipinski definition) is 3. The van der Waals surface area contributed by atoms with Crippen molar-refractivity contribution in [3.63, 3.8) is 0 Å². The van der Waals surface area contributed by atoms with Crippen LogP contribution in [0.1, 0.15) is 32.3 Å². The van der Waals surface area contributed by atoms with Gasteiger partial charge >= 0.3 is 0 Å². The summed E-state index contributed by atoms with van der Waals surface area (Å²) in [5.41, 5.74) is 0.525. The highest BCUT2D eigenvalue weighted by atomic mass is 16.5. The second-order valence-electron chi connectivity index (χ2n) is 6.41. The lowest BCUT2D eigenvalue weighted by molar-refractivity contribution is -0.0230. The summed E-state index contributed by atoms with van der Waals surface area (Å²) >= 11 is 0. The average molecular weight is 277 g/mol. The van der Waals surface area contributed by atoms with Crippen LogP contribution in [0.15, 0.2) is 24.3 Å². The van der Waals surface area contributed by atoms with E-state index < -0.39 is 5.60 Å². The van der Waals surface area contributed by atoms with Crippen LogP contribution in [0.5, 0.6) is 5.75 Å². The van der Waals surface area contributed by atoms with Crippen molar-refractivity contribution in [3.05, 3.63) is 29.8 Å². The summed E-state index contributed by atoms with van der Waals surface area (Å²) in [5, 5.41) is 10.8. The molecule has 0 radical (unpaired) electrons. The molecule has 1 aliphatic heterocycles. The van der Waals surface area contributed by atoms with E-state index in [4.69, 9.17) is 4.74 Å². The Balaban J connectivity index is 1.96. The van der Waals surface area contributed by atoms with Crippen LogP contribution in [-0.2, 0) is 6.42 Å². The predicted molar refractivity (Wildman–Crippen MR) is 82.2 cm³/mol. The Bertz CT molecular complexity index is 423. The summed E-state index contributed by atoms with van der Waals surface area (Å²) in [6.07, 6.45) is 2.38. The lowest BCUT2D eigenvalue weighted by atomic mass is 9.85. The van der Waals surface area contributed by atoms with Crippen molar-refractivity contribution in [2.45, 2.75) is 38.7 Å². The summed E-state index contributed by atoms with van der Waals surface area (Å²) in [6.45, 7) is 7.60. The van der Waals surface area contributed by atoms with Gasteiger partial charge in [-0.05, 0) is 30.4 Å². The minimum absolute atomic E-state index is 0.581. The van der Waals surface area contributed by atoms with Crippen molar-refractivity contribution in [2.75, 3.05) is 26.7 Å². The van der Waals surface area contributed by atoms with Gasteiger partial charge < -0.3 is 14.7 Å². The van der Waals surface area contributed by atoms with Crippen molar-refractivity contribution < 1.29 is 9.84 Å². The number of methoxy groups -OCH3 is 1. The number of rotatable bonds is 5. The standard InChI is InChI=1S/C17H27NO2/c1-14(2)13-18-10-8-17(19,9-11-18)12-15-6-4-5-7-16(15)20-3/h4-7,14,19H,8-13H2,1-3H3. The van der Waals surface area contributed by atoms with E-state index in [0.29, 0.717) is 12.3 Å². The van der Waals surface area contributed by atoms with Crippen molar-refractivity contribution >= 4 is 0 Å². The monoisotopic (exact) mass is 277 g/mol. The number of piperidine rings is 1. The summed E-state index contributed by atoms with van der Waals surface area (Å²) in [5.74, 6) is 1.57. The Morgan fingerprint density at radius 3 is 2.50 bits per heavy atom. The molecule has 0 amide bonds. The maximum atomic E-state index is 10.8. The molecule has 1 aliphatic rings. The van der Waals surface area contributed by atoms with E-state index in [-0.39, 0.29) is 0 Å². The van der Waals surface area contributed by atoms with Crippen molar-refractivity contribution in [3.8, 4) is 5.75 Å². The molecule has 1 N–H and O–H groups in total. The third-order valence-electron chi connectivity index (χ3n) is 4.12. The number of aliphatic hydroxyl groups is 1. The zero-order chi connectivity index (χ0) is 14.6. The summed E-state index contributed by atoms with van der Waals surface area (Å²) in [6, 6.07) is 8.00. The molecule has 0 unspecified atom stereocenters. The van der Waals surface area contributed by atoms with Gasteiger partial charge in [-0.2, -0.15) is 0 Å². The first kappa shape index (κ1) is 15.3. The van der Waals surface area contributed by atoms with Gasteiger partial charge in [0.05, 0.1) is 12.7 Å². The second-order valence-corrected chi connectivity index (χ2v) is 6.41. The van der Waals surface area contributed by atoms with Gasteiger partial charge in [-0.15, -0.1) is 0 Å². The SMILES string of the molecule is COc1ccccc1CC1(O)CCN(CC(C)C)CC1. The van der Waals surface area contributed by atoms with Crippen LogP contribution in [0.2, 0.25) is 0 Å². The zero-order valence-electron chi connectivity index (χ0n) is 12.9. The second kappa shape index (κ2) is 6.59. The Kier molecular flexibility index (Phi) is 5.06. The highest BCUT2D eigenvalue weighted by Crippen LogP contribution is 2.30. The van der Waals surface area contributed by atoms with Gasteiger partial charge in [0, 0.05) is 26.1 Å². The third-order valence-corrected chi connectivity index (χ3v) is 4.12. The maximum Gasteiger partial charge on any atom is 0.122 e. The Morgan fingerprint density at radius 1 is 1.25 bits per heavy atom. The van der Waals surface area contributed by atoms with Gasteiger partial charge in [0.15, 0.2) is 0 Å². The van der Waals surface area contributed by atoms with Crippen LogP contribution in [0, 0.1) is 5.92 Å². The fourth-order valence-electron chi connectivity index (χ4n) is 3.05. The smallest absolute Gasteiger partial charge is 0.122 e. The molecule has 1 saturated heterocycles. The molecule has 3 heteroatoms. The number of likely N-dealkylation sites (tertiary alicyclic amines) is 1. The number of nitrogens with zero attached hydrogens (tertiary/aromatic N) is 1. The molecule has 0 aliphatic carbocycles. The first-order valence-electron chi connectivity index (χ1n) is 7.59. The molecule has 0 saturated carbocycles. The van der Waals surface area contributed by atoms with E-state index in [2.05, 4.69) is 24.8 Å². The fraction of sp³-hybridized carbons (Fsp3) is 0.647. The van der Waals surface area contributed by atoms with Gasteiger partial charge in [-0.25, -0.2) is 0 Å². The number of ether oxygens (including phenoxy) is 1. The molecule has 0 atom stereocenters. The molecule has 1 aromatic rings. The molecule has 3 nitrogen and oxygen atoms in total. The van der Waals surface area contributed by atoms with Gasteiger partial charge in [-0.3, -0.25) is 0 Å². The van der Waals surface area contributed by atoms with Gasteiger partial charge in [0.1, 0.15) is 5.75 Å². The first-order chi connectivity index (χ1) is 9.52. The van der Waals surface area contributed by atoms with Crippen LogP contribution in [0.25, 0.3) is 0 Å². The Labute approximate surface area is 122 Å². The molecule has 0 aromatic heterocycles. The van der Waals surface area contributed by atoms with Crippen LogP contribution in [-0.4, -0.2) is 42.4 Å². The molecular formula is C17H27NO2. The van der Waals surface area contributed by atoms with E-state index in [1.54, 1.807) is 7.11 Å². The van der Waals surface area contributed by atoms with E-state index in [1.165, 1.54) is 0 Å². The number of benzene rings is 1. The summed E-state index contributed by atoms with van der Waals surface area (Å²) in [7, 11) is 1.69. The minimum Gasteiger partial charge on any atom is -0.496 e. The average Bonchev–Trinajstić information content (AvgIpc) is 2.42. The van der Waals surface area contributed by atoms with Gasteiger partial charge in [-0.1, -0.05) is 32.0 Å². The minimum atomic E-state index is -0.581. The van der Waals surface area contributed by atoms with E-state index >= 15 is 0 Å². The van der Waals surface area contributed by atoms with Gasteiger partial charge in [0.2, 0.25) is 0 Å². The Morgan fingerprint density at radius 2 is 1.90 bits per heavy atom. The molecule has 0 bridgehead atoms. The van der Waals surface area contributed by atoms with E-state index in [1.807, 2.05) is 18.2 Å². The normalized spacial score (nSPS) is 19.2. The molecule has 2 rings (SSSR count). The Hall–Kier alpha value is -1.06. The molecule has 20 heavy (non-hydrogen) atoms. The quantitative estimate of drug-likeness (QED) is 0.898. The van der Waals surface area contributed by atoms with Crippen LogP contribution < -0.4 is 4.74 Å². The lowest BCUT2D eigenvalue weighted by Crippen LogP contribution is -2.46. The highest BCUT2D eigenvalue weighted by Gasteiger charge is 2.33. The third kappa shape index (κ3) is 3.97. The number of para-hydroxylation sites is 1. The predicted octanol–water partition coefficient (Wildman–Crippen LogP) is 2.72. The molecule has 112 valence electrons.